The van der Waals surface area contributed by atoms with Crippen molar-refractivity contribution >= 4 is 17.3 Å². The van der Waals surface area contributed by atoms with E-state index < -0.39 is 10.8 Å². The highest BCUT2D eigenvalue weighted by molar-refractivity contribution is 6.07. The molecule has 2 N–H and O–H groups in total. The van der Waals surface area contributed by atoms with Crippen molar-refractivity contribution in [1.29, 1.82) is 0 Å². The first-order valence-electron chi connectivity index (χ1n) is 7.96. The van der Waals surface area contributed by atoms with Gasteiger partial charge in [0, 0.05) is 11.6 Å². The molecule has 1 heterocycles. The van der Waals surface area contributed by atoms with Gasteiger partial charge in [-0.1, -0.05) is 12.1 Å². The van der Waals surface area contributed by atoms with Gasteiger partial charge >= 0.3 is 0 Å². The zero-order valence-electron chi connectivity index (χ0n) is 14.3. The van der Waals surface area contributed by atoms with Crippen LogP contribution in [0.4, 0.5) is 11.4 Å². The van der Waals surface area contributed by atoms with Crippen molar-refractivity contribution in [2.75, 3.05) is 12.4 Å². The Hall–Kier alpha value is -3.65. The molecule has 138 valence electrons. The summed E-state index contributed by atoms with van der Waals surface area (Å²) in [7, 11) is 1.45. The minimum atomic E-state index is -0.631. The molecule has 0 saturated carbocycles. The molecule has 1 aromatic heterocycles. The zero-order chi connectivity index (χ0) is 19.4. The molecule has 1 amide bonds. The number of nitrogens with zero attached hydrogens (tertiary/aromatic N) is 1. The van der Waals surface area contributed by atoms with Crippen molar-refractivity contribution in [2.45, 2.75) is 6.61 Å². The van der Waals surface area contributed by atoms with Gasteiger partial charge in [-0.2, -0.15) is 0 Å². The zero-order valence-corrected chi connectivity index (χ0v) is 14.3. The lowest BCUT2D eigenvalue weighted by molar-refractivity contribution is -0.385. The third kappa shape index (κ3) is 3.80. The molecular formula is C19H16N2O6. The summed E-state index contributed by atoms with van der Waals surface area (Å²) in [5, 5.41) is 22.9. The third-order valence-corrected chi connectivity index (χ3v) is 3.90. The number of furan rings is 1. The Kier molecular flexibility index (Phi) is 5.18. The number of methoxy groups -OCH3 is 1. The monoisotopic (exact) mass is 368 g/mol. The van der Waals surface area contributed by atoms with E-state index in [1.807, 2.05) is 0 Å². The van der Waals surface area contributed by atoms with Crippen LogP contribution in [0.1, 0.15) is 16.1 Å². The number of ether oxygens (including phenoxy) is 1. The number of nitro groups is 1. The molecule has 0 unspecified atom stereocenters. The van der Waals surface area contributed by atoms with Gasteiger partial charge in [0.1, 0.15) is 29.4 Å². The fraction of sp³-hybridized carbons (Fsp3) is 0.105. The maximum Gasteiger partial charge on any atom is 0.282 e. The fourth-order valence-corrected chi connectivity index (χ4v) is 2.59. The molecule has 0 aliphatic heterocycles. The summed E-state index contributed by atoms with van der Waals surface area (Å²) in [6.07, 6.45) is 0. The summed E-state index contributed by atoms with van der Waals surface area (Å²) < 4.78 is 10.8. The average molecular weight is 368 g/mol. The Labute approximate surface area is 154 Å². The van der Waals surface area contributed by atoms with Gasteiger partial charge in [0.25, 0.3) is 11.6 Å². The normalized spacial score (nSPS) is 10.4. The SMILES string of the molecule is COc1ccc(-c2ccc(CO)o2)cc1NC(=O)c1ccccc1[N+](=O)[O-]. The quantitative estimate of drug-likeness (QED) is 0.507. The molecule has 0 fully saturated rings. The number of anilines is 1. The summed E-state index contributed by atoms with van der Waals surface area (Å²) in [5.41, 5.74) is 0.632. The maximum absolute atomic E-state index is 12.6. The Morgan fingerprint density at radius 2 is 2.00 bits per heavy atom. The van der Waals surface area contributed by atoms with Gasteiger partial charge in [0.05, 0.1) is 17.7 Å². The lowest BCUT2D eigenvalue weighted by Crippen LogP contribution is -2.14. The topological polar surface area (TPSA) is 115 Å². The van der Waals surface area contributed by atoms with Gasteiger partial charge in [-0.15, -0.1) is 0 Å². The molecule has 3 rings (SSSR count). The van der Waals surface area contributed by atoms with Crippen molar-refractivity contribution < 1.29 is 24.0 Å². The number of benzene rings is 2. The van der Waals surface area contributed by atoms with Crippen molar-refractivity contribution in [3.8, 4) is 17.1 Å². The Bertz CT molecular complexity index is 995. The average Bonchev–Trinajstić information content (AvgIpc) is 3.17. The van der Waals surface area contributed by atoms with Crippen molar-refractivity contribution in [1.82, 2.24) is 0 Å². The number of aliphatic hydroxyl groups is 1. The molecule has 0 aliphatic carbocycles. The van der Waals surface area contributed by atoms with Crippen LogP contribution in [0, 0.1) is 10.1 Å². The number of carbonyl (C=O) groups excluding carboxylic acids is 1. The first-order valence-corrected chi connectivity index (χ1v) is 7.96. The van der Waals surface area contributed by atoms with Gasteiger partial charge in [0.15, 0.2) is 0 Å². The standard InChI is InChI=1S/C19H16N2O6/c1-26-18-8-6-12(17-9-7-13(11-22)27-17)10-15(18)20-19(23)14-4-2-3-5-16(14)21(24)25/h2-10,22H,11H2,1H3,(H,20,23). The largest absolute Gasteiger partial charge is 0.495 e. The lowest BCUT2D eigenvalue weighted by atomic mass is 10.1. The van der Waals surface area contributed by atoms with Gasteiger partial charge in [-0.3, -0.25) is 14.9 Å². The van der Waals surface area contributed by atoms with E-state index in [1.165, 1.54) is 25.3 Å². The molecule has 27 heavy (non-hydrogen) atoms. The number of nitro benzene ring substituents is 1. The second kappa shape index (κ2) is 7.71. The van der Waals surface area contributed by atoms with E-state index in [2.05, 4.69) is 5.32 Å². The van der Waals surface area contributed by atoms with E-state index in [4.69, 9.17) is 14.3 Å². The van der Waals surface area contributed by atoms with E-state index in [0.717, 1.165) is 0 Å². The summed E-state index contributed by atoms with van der Waals surface area (Å²) >= 11 is 0. The summed E-state index contributed by atoms with van der Waals surface area (Å²) in [4.78, 5) is 23.1. The van der Waals surface area contributed by atoms with E-state index in [0.29, 0.717) is 28.5 Å². The highest BCUT2D eigenvalue weighted by atomic mass is 16.6. The predicted molar refractivity (Wildman–Crippen MR) is 97.7 cm³/mol. The van der Waals surface area contributed by atoms with Crippen LogP contribution >= 0.6 is 0 Å². The predicted octanol–water partition coefficient (Wildman–Crippen LogP) is 3.61. The number of aliphatic hydroxyl groups excluding tert-OH is 1. The number of rotatable bonds is 6. The molecule has 0 saturated heterocycles. The number of hydrogen-bond donors (Lipinski definition) is 2. The number of para-hydroxylation sites is 1. The summed E-state index contributed by atoms with van der Waals surface area (Å²) in [6.45, 7) is -0.225. The van der Waals surface area contributed by atoms with Crippen LogP contribution in [0.3, 0.4) is 0 Å². The Balaban J connectivity index is 1.95. The van der Waals surface area contributed by atoms with Crippen LogP contribution in [-0.2, 0) is 6.61 Å². The first-order chi connectivity index (χ1) is 13.0. The Morgan fingerprint density at radius 1 is 1.22 bits per heavy atom. The molecule has 8 nitrogen and oxygen atoms in total. The minimum absolute atomic E-state index is 0.0597. The number of carbonyl (C=O) groups is 1. The molecule has 2 aromatic carbocycles. The van der Waals surface area contributed by atoms with E-state index >= 15 is 0 Å². The van der Waals surface area contributed by atoms with Crippen LogP contribution in [-0.4, -0.2) is 23.0 Å². The summed E-state index contributed by atoms with van der Waals surface area (Å²) in [5.74, 6) is 0.669. The summed E-state index contributed by atoms with van der Waals surface area (Å²) in [6, 6.07) is 14.0. The molecule has 8 heteroatoms. The minimum Gasteiger partial charge on any atom is -0.495 e. The smallest absolute Gasteiger partial charge is 0.282 e. The van der Waals surface area contributed by atoms with E-state index in [9.17, 15) is 14.9 Å². The number of amides is 1. The van der Waals surface area contributed by atoms with Crippen molar-refractivity contribution in [2.24, 2.45) is 0 Å². The molecule has 0 spiro atoms. The molecule has 0 aliphatic rings. The fourth-order valence-electron chi connectivity index (χ4n) is 2.59. The number of hydrogen-bond acceptors (Lipinski definition) is 6. The van der Waals surface area contributed by atoms with Crippen LogP contribution in [0.2, 0.25) is 0 Å². The van der Waals surface area contributed by atoms with Gasteiger partial charge in [-0.25, -0.2) is 0 Å². The maximum atomic E-state index is 12.6. The van der Waals surface area contributed by atoms with Crippen LogP contribution < -0.4 is 10.1 Å². The van der Waals surface area contributed by atoms with Crippen LogP contribution in [0.15, 0.2) is 59.0 Å². The van der Waals surface area contributed by atoms with Crippen LogP contribution in [0.25, 0.3) is 11.3 Å². The Morgan fingerprint density at radius 3 is 2.67 bits per heavy atom. The molecule has 3 aromatic rings. The van der Waals surface area contributed by atoms with E-state index in [1.54, 1.807) is 36.4 Å². The molecule has 0 radical (unpaired) electrons. The molecule has 0 bridgehead atoms. The third-order valence-electron chi connectivity index (χ3n) is 3.90. The van der Waals surface area contributed by atoms with Gasteiger partial charge in [0.2, 0.25) is 0 Å². The molecule has 0 atom stereocenters. The second-order valence-corrected chi connectivity index (χ2v) is 5.57. The molecular weight excluding hydrogens is 352 g/mol. The lowest BCUT2D eigenvalue weighted by Gasteiger charge is -2.12. The van der Waals surface area contributed by atoms with Gasteiger partial charge in [-0.05, 0) is 36.4 Å². The van der Waals surface area contributed by atoms with E-state index in [-0.39, 0.29) is 17.9 Å². The van der Waals surface area contributed by atoms with Crippen molar-refractivity contribution in [3.63, 3.8) is 0 Å². The van der Waals surface area contributed by atoms with Gasteiger partial charge < -0.3 is 19.6 Å². The first kappa shape index (κ1) is 18.2. The highest BCUT2D eigenvalue weighted by Crippen LogP contribution is 2.32. The van der Waals surface area contributed by atoms with Crippen LogP contribution in [0.5, 0.6) is 5.75 Å². The number of nitrogens with one attached hydrogen (secondary N) is 1. The highest BCUT2D eigenvalue weighted by Gasteiger charge is 2.20. The van der Waals surface area contributed by atoms with Crippen molar-refractivity contribution in [3.05, 3.63) is 76.0 Å². The second-order valence-electron chi connectivity index (χ2n) is 5.57.